The average molecular weight is 312 g/mol. The van der Waals surface area contributed by atoms with Crippen LogP contribution in [0.2, 0.25) is 0 Å². The van der Waals surface area contributed by atoms with Crippen LogP contribution in [-0.4, -0.2) is 45.1 Å². The van der Waals surface area contributed by atoms with Gasteiger partial charge in [-0.15, -0.1) is 0 Å². The van der Waals surface area contributed by atoms with Gasteiger partial charge in [0, 0.05) is 32.4 Å². The van der Waals surface area contributed by atoms with E-state index < -0.39 is 10.0 Å². The van der Waals surface area contributed by atoms with Crippen molar-refractivity contribution < 1.29 is 13.2 Å². The Hall–Kier alpha value is -1.11. The molecular weight excluding hydrogens is 288 g/mol. The average Bonchev–Trinajstić information content (AvgIpc) is 2.37. The molecule has 1 aliphatic heterocycles. The second kappa shape index (κ2) is 5.94. The van der Waals surface area contributed by atoms with E-state index in [1.54, 1.807) is 18.2 Å². The first kappa shape index (κ1) is 16.3. The van der Waals surface area contributed by atoms with Crippen LogP contribution in [0, 0.1) is 0 Å². The molecule has 1 fully saturated rings. The molecule has 1 aromatic carbocycles. The van der Waals surface area contributed by atoms with Crippen LogP contribution in [0.15, 0.2) is 29.2 Å². The lowest BCUT2D eigenvalue weighted by Gasteiger charge is -2.36. The highest BCUT2D eigenvalue weighted by atomic mass is 32.2. The van der Waals surface area contributed by atoms with Gasteiger partial charge in [-0.1, -0.05) is 6.07 Å². The standard InChI is InChI=1S/C15H24N2O3S/c1-15(2)11-13(8-9-20-15)16-12-6-5-7-14(10-12)21(18,19)17(3)4/h5-7,10,13,16H,8-9,11H2,1-4H3. The molecule has 2 rings (SSSR count). The van der Waals surface area contributed by atoms with Crippen LogP contribution in [0.25, 0.3) is 0 Å². The maximum atomic E-state index is 12.2. The zero-order chi connectivity index (χ0) is 15.7. The molecule has 1 unspecified atom stereocenters. The van der Waals surface area contributed by atoms with Gasteiger partial charge in [-0.3, -0.25) is 0 Å². The van der Waals surface area contributed by atoms with E-state index in [-0.39, 0.29) is 5.60 Å². The van der Waals surface area contributed by atoms with Gasteiger partial charge in [0.2, 0.25) is 10.0 Å². The number of rotatable bonds is 4. The predicted octanol–water partition coefficient (Wildman–Crippen LogP) is 2.31. The van der Waals surface area contributed by atoms with Crippen molar-refractivity contribution in [2.24, 2.45) is 0 Å². The van der Waals surface area contributed by atoms with Gasteiger partial charge in [0.1, 0.15) is 0 Å². The van der Waals surface area contributed by atoms with E-state index in [0.29, 0.717) is 10.9 Å². The molecular formula is C15H24N2O3S. The number of sulfonamides is 1. The third-order valence-electron chi connectivity index (χ3n) is 3.68. The van der Waals surface area contributed by atoms with Crippen LogP contribution < -0.4 is 5.32 Å². The quantitative estimate of drug-likeness (QED) is 0.927. The molecule has 1 heterocycles. The summed E-state index contributed by atoms with van der Waals surface area (Å²) in [5.41, 5.74) is 0.698. The molecule has 1 aromatic rings. The van der Waals surface area contributed by atoms with Gasteiger partial charge >= 0.3 is 0 Å². The molecule has 118 valence electrons. The summed E-state index contributed by atoms with van der Waals surface area (Å²) < 4.78 is 31.2. The predicted molar refractivity (Wildman–Crippen MR) is 84.0 cm³/mol. The Bertz CT molecular complexity index is 597. The summed E-state index contributed by atoms with van der Waals surface area (Å²) in [5.74, 6) is 0. The summed E-state index contributed by atoms with van der Waals surface area (Å²) in [4.78, 5) is 0.309. The minimum atomic E-state index is -3.39. The van der Waals surface area contributed by atoms with Crippen molar-refractivity contribution in [3.63, 3.8) is 0 Å². The molecule has 0 radical (unpaired) electrons. The second-order valence-electron chi connectivity index (χ2n) is 6.26. The fourth-order valence-corrected chi connectivity index (χ4v) is 3.50. The lowest BCUT2D eigenvalue weighted by atomic mass is 9.94. The van der Waals surface area contributed by atoms with E-state index in [9.17, 15) is 8.42 Å². The van der Waals surface area contributed by atoms with Gasteiger partial charge in [0.25, 0.3) is 0 Å². The van der Waals surface area contributed by atoms with E-state index in [2.05, 4.69) is 19.2 Å². The second-order valence-corrected chi connectivity index (χ2v) is 8.41. The number of hydrogen-bond acceptors (Lipinski definition) is 4. The van der Waals surface area contributed by atoms with Crippen molar-refractivity contribution in [1.82, 2.24) is 4.31 Å². The topological polar surface area (TPSA) is 58.6 Å². The Kier molecular flexibility index (Phi) is 4.60. The Morgan fingerprint density at radius 2 is 2.05 bits per heavy atom. The van der Waals surface area contributed by atoms with Gasteiger partial charge in [0.05, 0.1) is 10.5 Å². The normalized spacial score (nSPS) is 22.2. The Labute approximate surface area is 127 Å². The van der Waals surface area contributed by atoms with Crippen LogP contribution in [-0.2, 0) is 14.8 Å². The van der Waals surface area contributed by atoms with Crippen molar-refractivity contribution in [3.05, 3.63) is 24.3 Å². The Morgan fingerprint density at radius 1 is 1.33 bits per heavy atom. The number of benzene rings is 1. The third-order valence-corrected chi connectivity index (χ3v) is 5.49. The van der Waals surface area contributed by atoms with Crippen LogP contribution in [0.3, 0.4) is 0 Å². The minimum Gasteiger partial charge on any atom is -0.382 e. The van der Waals surface area contributed by atoms with Gasteiger partial charge in [-0.2, -0.15) is 0 Å². The molecule has 5 nitrogen and oxygen atoms in total. The van der Waals surface area contributed by atoms with E-state index in [1.807, 2.05) is 6.07 Å². The molecule has 0 saturated carbocycles. The first-order chi connectivity index (χ1) is 9.71. The maximum absolute atomic E-state index is 12.2. The SMILES string of the molecule is CN(C)S(=O)(=O)c1cccc(NC2CCOC(C)(C)C2)c1. The summed E-state index contributed by atoms with van der Waals surface area (Å²) in [7, 11) is -0.318. The molecule has 1 saturated heterocycles. The summed E-state index contributed by atoms with van der Waals surface area (Å²) >= 11 is 0. The van der Waals surface area contributed by atoms with Crippen molar-refractivity contribution in [1.29, 1.82) is 0 Å². The van der Waals surface area contributed by atoms with E-state index >= 15 is 0 Å². The van der Waals surface area contributed by atoms with Gasteiger partial charge in [-0.25, -0.2) is 12.7 Å². The monoisotopic (exact) mass is 312 g/mol. The van der Waals surface area contributed by atoms with Crippen molar-refractivity contribution in [2.45, 2.75) is 43.2 Å². The highest BCUT2D eigenvalue weighted by molar-refractivity contribution is 7.89. The number of ether oxygens (including phenoxy) is 1. The zero-order valence-corrected chi connectivity index (χ0v) is 13.9. The molecule has 1 N–H and O–H groups in total. The fourth-order valence-electron chi connectivity index (χ4n) is 2.55. The van der Waals surface area contributed by atoms with E-state index in [1.165, 1.54) is 18.4 Å². The summed E-state index contributed by atoms with van der Waals surface area (Å²) in [6, 6.07) is 7.28. The van der Waals surface area contributed by atoms with Gasteiger partial charge in [-0.05, 0) is 44.9 Å². The summed E-state index contributed by atoms with van der Waals surface area (Å²) in [6.45, 7) is 4.88. The van der Waals surface area contributed by atoms with Gasteiger partial charge < -0.3 is 10.1 Å². The zero-order valence-electron chi connectivity index (χ0n) is 13.1. The maximum Gasteiger partial charge on any atom is 0.242 e. The molecule has 0 spiro atoms. The van der Waals surface area contributed by atoms with Gasteiger partial charge in [0.15, 0.2) is 0 Å². The van der Waals surface area contributed by atoms with Crippen molar-refractivity contribution in [2.75, 3.05) is 26.0 Å². The largest absolute Gasteiger partial charge is 0.382 e. The minimum absolute atomic E-state index is 0.136. The van der Waals surface area contributed by atoms with Crippen LogP contribution in [0.5, 0.6) is 0 Å². The van der Waals surface area contributed by atoms with E-state index in [4.69, 9.17) is 4.74 Å². The molecule has 21 heavy (non-hydrogen) atoms. The highest BCUT2D eigenvalue weighted by Gasteiger charge is 2.28. The third kappa shape index (κ3) is 3.96. The number of hydrogen-bond donors (Lipinski definition) is 1. The Balaban J connectivity index is 2.15. The molecule has 0 aliphatic carbocycles. The van der Waals surface area contributed by atoms with Crippen LogP contribution >= 0.6 is 0 Å². The molecule has 1 aliphatic rings. The Morgan fingerprint density at radius 3 is 2.67 bits per heavy atom. The summed E-state index contributed by atoms with van der Waals surface area (Å²) in [5, 5.41) is 3.42. The number of nitrogens with zero attached hydrogens (tertiary/aromatic N) is 1. The molecule has 0 bridgehead atoms. The highest BCUT2D eigenvalue weighted by Crippen LogP contribution is 2.27. The lowest BCUT2D eigenvalue weighted by Crippen LogP contribution is -2.40. The van der Waals surface area contributed by atoms with Crippen LogP contribution in [0.1, 0.15) is 26.7 Å². The first-order valence-electron chi connectivity index (χ1n) is 7.14. The van der Waals surface area contributed by atoms with E-state index in [0.717, 1.165) is 25.1 Å². The van der Waals surface area contributed by atoms with Crippen LogP contribution in [0.4, 0.5) is 5.69 Å². The van der Waals surface area contributed by atoms with Crippen molar-refractivity contribution in [3.8, 4) is 0 Å². The smallest absolute Gasteiger partial charge is 0.242 e. The fraction of sp³-hybridized carbons (Fsp3) is 0.600. The lowest BCUT2D eigenvalue weighted by molar-refractivity contribution is -0.0553. The number of anilines is 1. The molecule has 1 atom stereocenters. The number of nitrogens with one attached hydrogen (secondary N) is 1. The van der Waals surface area contributed by atoms with Crippen molar-refractivity contribution >= 4 is 15.7 Å². The molecule has 0 aromatic heterocycles. The first-order valence-corrected chi connectivity index (χ1v) is 8.58. The molecule has 6 heteroatoms. The summed E-state index contributed by atoms with van der Waals surface area (Å²) in [6.07, 6.45) is 1.83. The molecule has 0 amide bonds.